The normalized spacial score (nSPS) is 21.9. The van der Waals surface area contributed by atoms with Gasteiger partial charge in [0.25, 0.3) is 0 Å². The fourth-order valence-electron chi connectivity index (χ4n) is 5.15. The maximum absolute atomic E-state index is 12.4. The van der Waals surface area contributed by atoms with Gasteiger partial charge in [-0.3, -0.25) is 4.79 Å². The minimum atomic E-state index is -0.624. The fourth-order valence-corrected chi connectivity index (χ4v) is 5.15. The first-order valence-corrected chi connectivity index (χ1v) is 12.8. The molecule has 1 aliphatic carbocycles. The van der Waals surface area contributed by atoms with Crippen LogP contribution in [0.25, 0.3) is 0 Å². The number of nitrogens with zero attached hydrogens (tertiary/aromatic N) is 3. The average Bonchev–Trinajstić information content (AvgIpc) is 2.85. The Bertz CT molecular complexity index is 1060. The number of likely N-dealkylation sites (N-methyl/N-ethyl adjacent to an activating group) is 1. The van der Waals surface area contributed by atoms with Crippen LogP contribution in [-0.4, -0.2) is 46.3 Å². The van der Waals surface area contributed by atoms with E-state index in [0.29, 0.717) is 29.2 Å². The van der Waals surface area contributed by atoms with Gasteiger partial charge in [0.15, 0.2) is 11.5 Å². The Morgan fingerprint density at radius 2 is 1.86 bits per heavy atom. The number of nitrogen functional groups attached to an aromatic ring is 1. The van der Waals surface area contributed by atoms with Crippen LogP contribution in [0.3, 0.4) is 0 Å². The van der Waals surface area contributed by atoms with E-state index in [9.17, 15) is 4.79 Å². The molecule has 1 amide bonds. The summed E-state index contributed by atoms with van der Waals surface area (Å²) < 4.78 is 6.10. The van der Waals surface area contributed by atoms with Gasteiger partial charge in [-0.25, -0.2) is 9.98 Å². The molecule has 1 saturated carbocycles. The average molecular weight is 479 g/mol. The number of rotatable bonds is 8. The summed E-state index contributed by atoms with van der Waals surface area (Å²) in [6, 6.07) is 8.59. The van der Waals surface area contributed by atoms with E-state index in [1.54, 1.807) is 0 Å². The number of carbonyl (C=O) groups excluding carboxylic acids is 1. The largest absolute Gasteiger partial charge is 0.463 e. The molecule has 35 heavy (non-hydrogen) atoms. The van der Waals surface area contributed by atoms with E-state index in [2.05, 4.69) is 44.9 Å². The minimum Gasteiger partial charge on any atom is -0.463 e. The molecule has 0 unspecified atom stereocenters. The second-order valence-corrected chi connectivity index (χ2v) is 10.1. The van der Waals surface area contributed by atoms with Gasteiger partial charge in [0.05, 0.1) is 11.8 Å². The third kappa shape index (κ3) is 5.64. The van der Waals surface area contributed by atoms with Crippen molar-refractivity contribution < 1.29 is 9.53 Å². The van der Waals surface area contributed by atoms with Crippen molar-refractivity contribution in [1.29, 1.82) is 0 Å². The van der Waals surface area contributed by atoms with Crippen LogP contribution >= 0.6 is 0 Å². The Labute approximate surface area is 208 Å². The molecular formula is C27H38N6O2. The summed E-state index contributed by atoms with van der Waals surface area (Å²) in [4.78, 5) is 25.4. The van der Waals surface area contributed by atoms with E-state index >= 15 is 0 Å². The standard InChI is InChI=1S/C27H38N6O2/c1-5-21(29-6-2)25(34)30-15-17-7-9-18(10-8-17)19-11-13-20(14-12-19)23-27(3,4)35-26-22(33-23)24(28)31-16-32-26/h11-14,16-18,21,29H,5-10,15H2,1-4H3,(H,30,34)(H2,28,31,32)/t17-,18-,21-/m0/s1. The second-order valence-electron chi connectivity index (χ2n) is 10.1. The van der Waals surface area contributed by atoms with Crippen LogP contribution in [0.1, 0.15) is 76.8 Å². The van der Waals surface area contributed by atoms with E-state index in [1.807, 2.05) is 27.7 Å². The zero-order chi connectivity index (χ0) is 25.0. The van der Waals surface area contributed by atoms with Crippen LogP contribution in [-0.2, 0) is 4.79 Å². The lowest BCUT2D eigenvalue weighted by Crippen LogP contribution is -2.45. The Balaban J connectivity index is 1.36. The van der Waals surface area contributed by atoms with Gasteiger partial charge in [0, 0.05) is 12.1 Å². The molecule has 4 rings (SSSR count). The first-order chi connectivity index (χ1) is 16.8. The quantitative estimate of drug-likeness (QED) is 0.526. The van der Waals surface area contributed by atoms with Gasteiger partial charge in [-0.1, -0.05) is 38.1 Å². The van der Waals surface area contributed by atoms with Crippen molar-refractivity contribution in [1.82, 2.24) is 20.6 Å². The summed E-state index contributed by atoms with van der Waals surface area (Å²) in [5, 5.41) is 6.41. The predicted molar refractivity (Wildman–Crippen MR) is 139 cm³/mol. The van der Waals surface area contributed by atoms with E-state index < -0.39 is 5.60 Å². The van der Waals surface area contributed by atoms with Crippen LogP contribution in [0.15, 0.2) is 35.6 Å². The third-order valence-electron chi connectivity index (χ3n) is 7.21. The fraction of sp³-hybridized carbons (Fsp3) is 0.556. The van der Waals surface area contributed by atoms with Crippen molar-refractivity contribution in [3.63, 3.8) is 0 Å². The molecule has 2 aromatic rings. The molecule has 2 aliphatic rings. The lowest BCUT2D eigenvalue weighted by Gasteiger charge is -2.32. The number of fused-ring (bicyclic) bond motifs is 1. The summed E-state index contributed by atoms with van der Waals surface area (Å²) in [6.07, 6.45) is 6.75. The topological polar surface area (TPSA) is 115 Å². The Morgan fingerprint density at radius 1 is 1.14 bits per heavy atom. The van der Waals surface area contributed by atoms with Crippen molar-refractivity contribution >= 4 is 23.1 Å². The van der Waals surface area contributed by atoms with Crippen molar-refractivity contribution in [3.8, 4) is 5.88 Å². The van der Waals surface area contributed by atoms with Crippen molar-refractivity contribution in [3.05, 3.63) is 41.7 Å². The number of aliphatic imine (C=N–C) groups is 1. The number of anilines is 1. The molecule has 1 aromatic carbocycles. The van der Waals surface area contributed by atoms with E-state index in [1.165, 1.54) is 11.9 Å². The molecular weight excluding hydrogens is 440 g/mol. The molecule has 1 aromatic heterocycles. The van der Waals surface area contributed by atoms with Gasteiger partial charge < -0.3 is 21.1 Å². The number of hydrogen-bond donors (Lipinski definition) is 3. The first-order valence-electron chi connectivity index (χ1n) is 12.8. The Hall–Kier alpha value is -3.00. The highest BCUT2D eigenvalue weighted by atomic mass is 16.5. The molecule has 8 nitrogen and oxygen atoms in total. The highest BCUT2D eigenvalue weighted by Gasteiger charge is 2.35. The van der Waals surface area contributed by atoms with Gasteiger partial charge in [-0.05, 0) is 69.9 Å². The number of aromatic nitrogens is 2. The SMILES string of the molecule is CCN[C@@H](CC)C(=O)NC[C@H]1CC[C@H](c2ccc(C3=Nc4c(N)ncnc4OC3(C)C)cc2)CC1. The summed E-state index contributed by atoms with van der Waals surface area (Å²) in [7, 11) is 0. The summed E-state index contributed by atoms with van der Waals surface area (Å²) in [5.41, 5.74) is 9.06. The van der Waals surface area contributed by atoms with Gasteiger partial charge >= 0.3 is 0 Å². The number of nitrogens with one attached hydrogen (secondary N) is 2. The second kappa shape index (κ2) is 10.7. The maximum Gasteiger partial charge on any atom is 0.246 e. The van der Waals surface area contributed by atoms with Gasteiger partial charge in [-0.2, -0.15) is 4.98 Å². The van der Waals surface area contributed by atoms with Crippen molar-refractivity contribution in [2.45, 2.75) is 77.4 Å². The van der Waals surface area contributed by atoms with E-state index in [4.69, 9.17) is 15.5 Å². The Kier molecular flexibility index (Phi) is 7.69. The predicted octanol–water partition coefficient (Wildman–Crippen LogP) is 4.13. The number of nitrogens with two attached hydrogens (primary N) is 1. The van der Waals surface area contributed by atoms with E-state index in [-0.39, 0.29) is 11.9 Å². The molecule has 4 N–H and O–H groups in total. The number of ether oxygens (including phenoxy) is 1. The zero-order valence-corrected chi connectivity index (χ0v) is 21.3. The van der Waals surface area contributed by atoms with Crippen LogP contribution in [0.2, 0.25) is 0 Å². The molecule has 1 fully saturated rings. The smallest absolute Gasteiger partial charge is 0.246 e. The first kappa shape index (κ1) is 25.1. The molecule has 0 radical (unpaired) electrons. The summed E-state index contributed by atoms with van der Waals surface area (Å²) >= 11 is 0. The van der Waals surface area contributed by atoms with Gasteiger partial charge in [-0.15, -0.1) is 0 Å². The number of hydrogen-bond acceptors (Lipinski definition) is 7. The third-order valence-corrected chi connectivity index (χ3v) is 7.21. The lowest BCUT2D eigenvalue weighted by atomic mass is 9.78. The molecule has 8 heteroatoms. The van der Waals surface area contributed by atoms with E-state index in [0.717, 1.165) is 56.5 Å². The molecule has 0 bridgehead atoms. The highest BCUT2D eigenvalue weighted by molar-refractivity contribution is 6.09. The molecule has 0 spiro atoms. The summed E-state index contributed by atoms with van der Waals surface area (Å²) in [5.74, 6) is 1.96. The molecule has 1 aliphatic heterocycles. The number of benzene rings is 1. The Morgan fingerprint density at radius 3 is 2.51 bits per heavy atom. The van der Waals surface area contributed by atoms with Gasteiger partial charge in [0.1, 0.15) is 11.9 Å². The maximum atomic E-state index is 12.4. The van der Waals surface area contributed by atoms with Crippen LogP contribution in [0.5, 0.6) is 5.88 Å². The van der Waals surface area contributed by atoms with Crippen LogP contribution in [0.4, 0.5) is 11.5 Å². The highest BCUT2D eigenvalue weighted by Crippen LogP contribution is 2.40. The van der Waals surface area contributed by atoms with Crippen LogP contribution in [0, 0.1) is 5.92 Å². The molecule has 1 atom stereocenters. The van der Waals surface area contributed by atoms with Crippen LogP contribution < -0.4 is 21.1 Å². The van der Waals surface area contributed by atoms with Gasteiger partial charge in [0.2, 0.25) is 11.8 Å². The van der Waals surface area contributed by atoms with Crippen molar-refractivity contribution in [2.24, 2.45) is 10.9 Å². The van der Waals surface area contributed by atoms with Crippen molar-refractivity contribution in [2.75, 3.05) is 18.8 Å². The molecule has 0 saturated heterocycles. The monoisotopic (exact) mass is 478 g/mol. The molecule has 188 valence electrons. The molecule has 2 heterocycles. The number of amides is 1. The zero-order valence-electron chi connectivity index (χ0n) is 21.3. The lowest BCUT2D eigenvalue weighted by molar-refractivity contribution is -0.123. The summed E-state index contributed by atoms with van der Waals surface area (Å²) in [6.45, 7) is 9.63. The number of carbonyl (C=O) groups is 1. The minimum absolute atomic E-state index is 0.0866.